The molecule has 9 nitrogen and oxygen atoms in total. The minimum Gasteiger partial charge on any atom is -0.508 e. The molecule has 1 aliphatic heterocycles. The first-order valence-electron chi connectivity index (χ1n) is 13.6. The molecule has 5 rings (SSSR count). The van der Waals surface area contributed by atoms with Crippen LogP contribution in [0.2, 0.25) is 0 Å². The van der Waals surface area contributed by atoms with Crippen LogP contribution in [0.15, 0.2) is 66.7 Å². The zero-order valence-electron chi connectivity index (χ0n) is 23.5. The predicted octanol–water partition coefficient (Wildman–Crippen LogP) is 3.49. The Hall–Kier alpha value is -4.47. The van der Waals surface area contributed by atoms with Gasteiger partial charge in [0.05, 0.1) is 24.9 Å². The van der Waals surface area contributed by atoms with E-state index in [-0.39, 0.29) is 23.9 Å². The quantitative estimate of drug-likeness (QED) is 0.338. The standard InChI is InChI=1S/C32H34N4O5/c1-34-14-16-36(17-15-34)20-29(39)35(2)25-10-8-24(9-11-25)33-31(21-6-12-26(37)13-7-21)30-27-18-23(32(40)41-3)5-4-22(27)19-28(30)38/h4-13,18,33,37H,14-17,19-20H2,1-3H3/b31-30-. The number of nitrogens with one attached hydrogen (secondary N) is 1. The van der Waals surface area contributed by atoms with Crippen LogP contribution in [-0.2, 0) is 20.7 Å². The fraction of sp³-hybridized carbons (Fsp3) is 0.281. The summed E-state index contributed by atoms with van der Waals surface area (Å²) < 4.78 is 4.89. The van der Waals surface area contributed by atoms with E-state index >= 15 is 0 Å². The second-order valence-electron chi connectivity index (χ2n) is 10.5. The van der Waals surface area contributed by atoms with Gasteiger partial charge in [0.1, 0.15) is 5.75 Å². The lowest BCUT2D eigenvalue weighted by molar-refractivity contribution is -0.119. The van der Waals surface area contributed by atoms with E-state index in [1.54, 1.807) is 54.4 Å². The monoisotopic (exact) mass is 554 g/mol. The number of anilines is 2. The number of Topliss-reactive ketones (excluding diaryl/α,β-unsaturated/α-hetero) is 1. The van der Waals surface area contributed by atoms with Gasteiger partial charge in [-0.1, -0.05) is 6.07 Å². The van der Waals surface area contributed by atoms with Gasteiger partial charge in [-0.15, -0.1) is 0 Å². The highest BCUT2D eigenvalue weighted by molar-refractivity contribution is 6.32. The number of amides is 1. The van der Waals surface area contributed by atoms with E-state index in [1.165, 1.54) is 7.11 Å². The summed E-state index contributed by atoms with van der Waals surface area (Å²) in [5, 5.41) is 13.3. The summed E-state index contributed by atoms with van der Waals surface area (Å²) in [6, 6.07) is 19.2. The minimum atomic E-state index is -0.479. The highest BCUT2D eigenvalue weighted by atomic mass is 16.5. The van der Waals surface area contributed by atoms with Crippen molar-refractivity contribution in [1.29, 1.82) is 0 Å². The third-order valence-corrected chi connectivity index (χ3v) is 7.69. The van der Waals surface area contributed by atoms with Gasteiger partial charge < -0.3 is 25.0 Å². The normalized spacial score (nSPS) is 16.7. The Morgan fingerprint density at radius 1 is 0.951 bits per heavy atom. The smallest absolute Gasteiger partial charge is 0.337 e. The van der Waals surface area contributed by atoms with Crippen LogP contribution >= 0.6 is 0 Å². The molecule has 0 aromatic heterocycles. The van der Waals surface area contributed by atoms with Gasteiger partial charge >= 0.3 is 5.97 Å². The molecule has 0 spiro atoms. The highest BCUT2D eigenvalue weighted by Crippen LogP contribution is 2.37. The zero-order chi connectivity index (χ0) is 29.1. The maximum Gasteiger partial charge on any atom is 0.337 e. The van der Waals surface area contributed by atoms with Crippen LogP contribution in [0.5, 0.6) is 5.75 Å². The van der Waals surface area contributed by atoms with Gasteiger partial charge in [0.2, 0.25) is 5.91 Å². The number of phenolic OH excluding ortho intramolecular Hbond substituents is 1. The first kappa shape index (κ1) is 28.1. The molecule has 1 saturated heterocycles. The molecule has 0 unspecified atom stereocenters. The van der Waals surface area contributed by atoms with E-state index < -0.39 is 5.97 Å². The number of allylic oxidation sites excluding steroid dienone is 1. The molecule has 3 aromatic carbocycles. The van der Waals surface area contributed by atoms with Crippen LogP contribution in [0.4, 0.5) is 11.4 Å². The van der Waals surface area contributed by atoms with Crippen molar-refractivity contribution in [3.05, 3.63) is 89.0 Å². The van der Waals surface area contributed by atoms with Crippen molar-refractivity contribution in [1.82, 2.24) is 9.80 Å². The van der Waals surface area contributed by atoms with Crippen molar-refractivity contribution in [3.8, 4) is 5.75 Å². The number of phenols is 1. The van der Waals surface area contributed by atoms with Crippen LogP contribution in [0.3, 0.4) is 0 Å². The fourth-order valence-electron chi connectivity index (χ4n) is 5.16. The number of nitrogens with zero attached hydrogens (tertiary/aromatic N) is 3. The number of carbonyl (C=O) groups is 3. The van der Waals surface area contributed by atoms with Gasteiger partial charge in [-0.3, -0.25) is 14.5 Å². The molecule has 1 aliphatic carbocycles. The predicted molar refractivity (Wildman–Crippen MR) is 159 cm³/mol. The number of esters is 1. The molecule has 2 N–H and O–H groups in total. The molecule has 1 amide bonds. The largest absolute Gasteiger partial charge is 0.508 e. The van der Waals surface area contributed by atoms with E-state index in [0.29, 0.717) is 34.5 Å². The molecule has 1 fully saturated rings. The minimum absolute atomic E-state index is 0.0248. The Balaban J connectivity index is 1.43. The van der Waals surface area contributed by atoms with Crippen LogP contribution < -0.4 is 10.2 Å². The first-order chi connectivity index (χ1) is 19.7. The van der Waals surface area contributed by atoms with E-state index in [9.17, 15) is 19.5 Å². The number of aromatic hydroxyl groups is 1. The Kier molecular flexibility index (Phi) is 8.19. The van der Waals surface area contributed by atoms with E-state index in [4.69, 9.17) is 4.74 Å². The molecule has 41 heavy (non-hydrogen) atoms. The van der Waals surface area contributed by atoms with Crippen molar-refractivity contribution in [2.24, 2.45) is 0 Å². The second kappa shape index (κ2) is 12.0. The van der Waals surface area contributed by atoms with Crippen molar-refractivity contribution < 1.29 is 24.2 Å². The number of likely N-dealkylation sites (N-methyl/N-ethyl adjacent to an activating group) is 2. The molecule has 3 aromatic rings. The number of hydrogen-bond donors (Lipinski definition) is 2. The number of ketones is 1. The summed E-state index contributed by atoms with van der Waals surface area (Å²) in [6.07, 6.45) is 0.217. The third kappa shape index (κ3) is 6.16. The van der Waals surface area contributed by atoms with Gasteiger partial charge in [0, 0.05) is 56.6 Å². The van der Waals surface area contributed by atoms with Gasteiger partial charge in [-0.25, -0.2) is 4.79 Å². The van der Waals surface area contributed by atoms with Crippen LogP contribution in [-0.4, -0.2) is 86.5 Å². The average Bonchev–Trinajstić information content (AvgIpc) is 3.31. The SMILES string of the molecule is COC(=O)c1ccc2c(c1)/C(=C(/Nc1ccc(N(C)C(=O)CN3CCN(C)CC3)cc1)c1ccc(O)cc1)C(=O)C2. The number of rotatable bonds is 7. The molecule has 1 heterocycles. The molecular weight excluding hydrogens is 520 g/mol. The van der Waals surface area contributed by atoms with Crippen molar-refractivity contribution in [3.63, 3.8) is 0 Å². The second-order valence-corrected chi connectivity index (χ2v) is 10.5. The maximum absolute atomic E-state index is 13.3. The molecule has 212 valence electrons. The van der Waals surface area contributed by atoms with Crippen LogP contribution in [0, 0.1) is 0 Å². The first-order valence-corrected chi connectivity index (χ1v) is 13.6. The lowest BCUT2D eigenvalue weighted by atomic mass is 9.98. The molecule has 0 bridgehead atoms. The van der Waals surface area contributed by atoms with E-state index in [1.807, 2.05) is 24.3 Å². The summed E-state index contributed by atoms with van der Waals surface area (Å²) in [5.41, 5.74) is 5.05. The summed E-state index contributed by atoms with van der Waals surface area (Å²) >= 11 is 0. The molecular formula is C32H34N4O5. The number of methoxy groups -OCH3 is 1. The number of ether oxygens (including phenoxy) is 1. The van der Waals surface area contributed by atoms with Crippen LogP contribution in [0.1, 0.15) is 27.0 Å². The van der Waals surface area contributed by atoms with Gasteiger partial charge in [-0.05, 0) is 84.4 Å². The molecule has 0 radical (unpaired) electrons. The van der Waals surface area contributed by atoms with Gasteiger partial charge in [0.25, 0.3) is 0 Å². The number of carbonyl (C=O) groups excluding carboxylic acids is 3. The summed E-state index contributed by atoms with van der Waals surface area (Å²) in [5.74, 6) is -0.425. The Morgan fingerprint density at radius 3 is 2.27 bits per heavy atom. The zero-order valence-corrected chi connectivity index (χ0v) is 23.5. The Morgan fingerprint density at radius 2 is 1.61 bits per heavy atom. The van der Waals surface area contributed by atoms with Crippen LogP contribution in [0.25, 0.3) is 11.3 Å². The lowest BCUT2D eigenvalue weighted by Crippen LogP contribution is -2.48. The summed E-state index contributed by atoms with van der Waals surface area (Å²) in [6.45, 7) is 4.02. The van der Waals surface area contributed by atoms with E-state index in [2.05, 4.69) is 22.2 Å². The number of benzene rings is 3. The highest BCUT2D eigenvalue weighted by Gasteiger charge is 2.30. The molecule has 9 heteroatoms. The molecule has 0 saturated carbocycles. The summed E-state index contributed by atoms with van der Waals surface area (Å²) in [7, 11) is 5.19. The Bertz CT molecular complexity index is 1490. The van der Waals surface area contributed by atoms with Gasteiger partial charge in [0.15, 0.2) is 5.78 Å². The van der Waals surface area contributed by atoms with E-state index in [0.717, 1.165) is 43.1 Å². The maximum atomic E-state index is 13.3. The van der Waals surface area contributed by atoms with Crippen molar-refractivity contribution >= 4 is 40.3 Å². The molecule has 0 atom stereocenters. The van der Waals surface area contributed by atoms with Gasteiger partial charge in [-0.2, -0.15) is 0 Å². The Labute approximate surface area is 239 Å². The fourth-order valence-corrected chi connectivity index (χ4v) is 5.16. The summed E-state index contributed by atoms with van der Waals surface area (Å²) in [4.78, 5) is 44.6. The average molecular weight is 555 g/mol. The van der Waals surface area contributed by atoms with Crippen molar-refractivity contribution in [2.75, 3.05) is 64.1 Å². The molecule has 2 aliphatic rings. The lowest BCUT2D eigenvalue weighted by Gasteiger charge is -2.32. The third-order valence-electron chi connectivity index (χ3n) is 7.69. The topological polar surface area (TPSA) is 102 Å². The number of piperazine rings is 1. The number of hydrogen-bond acceptors (Lipinski definition) is 8. The van der Waals surface area contributed by atoms with Crippen molar-refractivity contribution in [2.45, 2.75) is 6.42 Å². The number of fused-ring (bicyclic) bond motifs is 1.